The number of hydrogen-bond donors (Lipinski definition) is 0. The van der Waals surface area contributed by atoms with Crippen LogP contribution in [0.25, 0.3) is 5.82 Å². The minimum absolute atomic E-state index is 0.126. The molecular formula is C24H29N5O3S. The topological polar surface area (TPSA) is 80.4 Å². The molecule has 9 heteroatoms. The number of hydrogen-bond acceptors (Lipinski definition) is 4. The van der Waals surface area contributed by atoms with Gasteiger partial charge in [-0.1, -0.05) is 0 Å². The second kappa shape index (κ2) is 7.85. The molecule has 3 aromatic rings. The van der Waals surface area contributed by atoms with Gasteiger partial charge in [-0.25, -0.2) is 13.1 Å². The summed E-state index contributed by atoms with van der Waals surface area (Å²) in [7, 11) is -3.49. The molecule has 1 aromatic carbocycles. The molecule has 0 radical (unpaired) electrons. The van der Waals surface area contributed by atoms with Crippen LogP contribution in [0.3, 0.4) is 0 Å². The Kier molecular flexibility index (Phi) is 5.21. The highest BCUT2D eigenvalue weighted by Gasteiger charge is 2.34. The zero-order valence-corrected chi connectivity index (χ0v) is 20.0. The number of benzene rings is 1. The average Bonchev–Trinajstić information content (AvgIpc) is 3.56. The van der Waals surface area contributed by atoms with Crippen LogP contribution in [0.2, 0.25) is 0 Å². The van der Waals surface area contributed by atoms with E-state index >= 15 is 0 Å². The molecule has 4 heterocycles. The van der Waals surface area contributed by atoms with Crippen LogP contribution < -0.4 is 0 Å². The third kappa shape index (κ3) is 3.79. The summed E-state index contributed by atoms with van der Waals surface area (Å²) in [5.74, 6) is 0.851. The molecule has 0 N–H and O–H groups in total. The summed E-state index contributed by atoms with van der Waals surface area (Å²) in [5.41, 5.74) is 2.22. The summed E-state index contributed by atoms with van der Waals surface area (Å²) >= 11 is 0. The standard InChI is InChI=1S/C24H29N5O3S/c1-24(2,3)29-22(26-12-4-5-13-26)20-16-27(17-21(20)25-29)23(30)18-8-10-19(11-9-18)33(31,32)28-14-6-7-15-28/h4-5,8-13H,6-7,14-17H2,1-3H3. The molecule has 0 bridgehead atoms. The number of nitrogens with zero attached hydrogens (tertiary/aromatic N) is 5. The fraction of sp³-hybridized carbons (Fsp3) is 0.417. The third-order valence-corrected chi connectivity index (χ3v) is 8.22. The Morgan fingerprint density at radius 3 is 2.21 bits per heavy atom. The lowest BCUT2D eigenvalue weighted by Crippen LogP contribution is -2.30. The Hall–Kier alpha value is -2.91. The van der Waals surface area contributed by atoms with E-state index in [0.29, 0.717) is 31.7 Å². The molecule has 1 amide bonds. The molecule has 33 heavy (non-hydrogen) atoms. The lowest BCUT2D eigenvalue weighted by atomic mass is 10.1. The van der Waals surface area contributed by atoms with Crippen LogP contribution in [0.4, 0.5) is 0 Å². The molecule has 0 atom stereocenters. The predicted molar refractivity (Wildman–Crippen MR) is 125 cm³/mol. The molecule has 2 aliphatic rings. The van der Waals surface area contributed by atoms with Crippen LogP contribution in [-0.4, -0.2) is 51.0 Å². The van der Waals surface area contributed by atoms with Crippen molar-refractivity contribution in [2.24, 2.45) is 0 Å². The van der Waals surface area contributed by atoms with Gasteiger partial charge in [0, 0.05) is 36.6 Å². The average molecular weight is 468 g/mol. The lowest BCUT2D eigenvalue weighted by molar-refractivity contribution is 0.0748. The minimum atomic E-state index is -3.49. The Balaban J connectivity index is 1.39. The highest BCUT2D eigenvalue weighted by atomic mass is 32.2. The third-order valence-electron chi connectivity index (χ3n) is 6.30. The molecule has 0 spiro atoms. The summed E-state index contributed by atoms with van der Waals surface area (Å²) < 4.78 is 31.1. The molecule has 2 aromatic heterocycles. The van der Waals surface area contributed by atoms with Gasteiger partial charge in [0.1, 0.15) is 5.82 Å². The second-order valence-electron chi connectivity index (χ2n) is 9.72. The van der Waals surface area contributed by atoms with E-state index in [2.05, 4.69) is 20.8 Å². The first kappa shape index (κ1) is 21.9. The van der Waals surface area contributed by atoms with Crippen molar-refractivity contribution in [1.82, 2.24) is 23.6 Å². The molecule has 2 aliphatic heterocycles. The fourth-order valence-corrected chi connectivity index (χ4v) is 6.10. The maximum absolute atomic E-state index is 13.2. The number of amides is 1. The van der Waals surface area contributed by atoms with Gasteiger partial charge in [-0.3, -0.25) is 4.79 Å². The highest BCUT2D eigenvalue weighted by molar-refractivity contribution is 7.89. The monoisotopic (exact) mass is 467 g/mol. The van der Waals surface area contributed by atoms with E-state index in [-0.39, 0.29) is 16.3 Å². The van der Waals surface area contributed by atoms with Gasteiger partial charge < -0.3 is 9.47 Å². The molecule has 5 rings (SSSR count). The van der Waals surface area contributed by atoms with Gasteiger partial charge in [0.2, 0.25) is 10.0 Å². The van der Waals surface area contributed by atoms with E-state index in [9.17, 15) is 13.2 Å². The van der Waals surface area contributed by atoms with Gasteiger partial charge in [-0.05, 0) is 70.0 Å². The highest BCUT2D eigenvalue weighted by Crippen LogP contribution is 2.33. The van der Waals surface area contributed by atoms with Crippen LogP contribution in [-0.2, 0) is 28.7 Å². The molecule has 174 valence electrons. The molecule has 0 aliphatic carbocycles. The Morgan fingerprint density at radius 1 is 0.970 bits per heavy atom. The summed E-state index contributed by atoms with van der Waals surface area (Å²) in [6.45, 7) is 8.35. The molecular weight excluding hydrogens is 438 g/mol. The summed E-state index contributed by atoms with van der Waals surface area (Å²) in [6.07, 6.45) is 5.76. The maximum Gasteiger partial charge on any atom is 0.254 e. The van der Waals surface area contributed by atoms with Crippen molar-refractivity contribution in [3.63, 3.8) is 0 Å². The smallest absolute Gasteiger partial charge is 0.254 e. The number of sulfonamides is 1. The zero-order valence-electron chi connectivity index (χ0n) is 19.2. The van der Waals surface area contributed by atoms with Gasteiger partial charge in [0.25, 0.3) is 5.91 Å². The van der Waals surface area contributed by atoms with E-state index in [4.69, 9.17) is 5.10 Å². The SMILES string of the molecule is CC(C)(C)n1nc2c(c1-n1cccc1)CN(C(=O)c1ccc(S(=O)(=O)N3CCCC3)cc1)C2. The molecule has 0 saturated carbocycles. The van der Waals surface area contributed by atoms with Crippen molar-refractivity contribution in [2.45, 2.75) is 57.1 Å². The van der Waals surface area contributed by atoms with E-state index in [1.54, 1.807) is 29.2 Å². The Labute approximate surface area is 194 Å². The largest absolute Gasteiger partial charge is 0.328 e. The number of aromatic nitrogens is 3. The first-order valence-corrected chi connectivity index (χ1v) is 12.7. The number of rotatable bonds is 4. The van der Waals surface area contributed by atoms with Crippen molar-refractivity contribution in [3.05, 3.63) is 65.6 Å². The van der Waals surface area contributed by atoms with Crippen LogP contribution >= 0.6 is 0 Å². The Bertz CT molecular complexity index is 1280. The number of fused-ring (bicyclic) bond motifs is 1. The van der Waals surface area contributed by atoms with Crippen LogP contribution in [0.1, 0.15) is 55.2 Å². The fourth-order valence-electron chi connectivity index (χ4n) is 4.58. The van der Waals surface area contributed by atoms with Gasteiger partial charge >= 0.3 is 0 Å². The van der Waals surface area contributed by atoms with Gasteiger partial charge in [0.15, 0.2) is 0 Å². The zero-order chi connectivity index (χ0) is 23.4. The van der Waals surface area contributed by atoms with Gasteiger partial charge in [0.05, 0.1) is 29.2 Å². The van der Waals surface area contributed by atoms with Crippen molar-refractivity contribution in [3.8, 4) is 5.82 Å². The lowest BCUT2D eigenvalue weighted by Gasteiger charge is -2.24. The number of carbonyl (C=O) groups excluding carboxylic acids is 1. The van der Waals surface area contributed by atoms with E-state index in [1.165, 1.54) is 4.31 Å². The minimum Gasteiger partial charge on any atom is -0.328 e. The normalized spacial score (nSPS) is 17.0. The van der Waals surface area contributed by atoms with Crippen molar-refractivity contribution < 1.29 is 13.2 Å². The van der Waals surface area contributed by atoms with Crippen LogP contribution in [0.5, 0.6) is 0 Å². The first-order chi connectivity index (χ1) is 15.7. The van der Waals surface area contributed by atoms with E-state index in [0.717, 1.165) is 29.9 Å². The van der Waals surface area contributed by atoms with E-state index in [1.807, 2.05) is 33.8 Å². The van der Waals surface area contributed by atoms with Crippen molar-refractivity contribution >= 4 is 15.9 Å². The van der Waals surface area contributed by atoms with Crippen LogP contribution in [0, 0.1) is 0 Å². The molecule has 1 saturated heterocycles. The van der Waals surface area contributed by atoms with Gasteiger partial charge in [-0.15, -0.1) is 0 Å². The Morgan fingerprint density at radius 2 is 1.61 bits per heavy atom. The predicted octanol–water partition coefficient (Wildman–Crippen LogP) is 3.37. The van der Waals surface area contributed by atoms with Crippen molar-refractivity contribution in [1.29, 1.82) is 0 Å². The summed E-state index contributed by atoms with van der Waals surface area (Å²) in [5, 5.41) is 4.85. The summed E-state index contributed by atoms with van der Waals surface area (Å²) in [6, 6.07) is 10.3. The molecule has 8 nitrogen and oxygen atoms in total. The maximum atomic E-state index is 13.2. The van der Waals surface area contributed by atoms with Crippen molar-refractivity contribution in [2.75, 3.05) is 13.1 Å². The number of carbonyl (C=O) groups is 1. The summed E-state index contributed by atoms with van der Waals surface area (Å²) in [4.78, 5) is 15.2. The molecule has 1 fully saturated rings. The quantitative estimate of drug-likeness (QED) is 0.589. The van der Waals surface area contributed by atoms with Crippen LogP contribution in [0.15, 0.2) is 53.7 Å². The first-order valence-electron chi connectivity index (χ1n) is 11.3. The van der Waals surface area contributed by atoms with E-state index < -0.39 is 10.0 Å². The molecule has 0 unspecified atom stereocenters. The van der Waals surface area contributed by atoms with Gasteiger partial charge in [-0.2, -0.15) is 9.40 Å². The second-order valence-corrected chi connectivity index (χ2v) is 11.7.